The van der Waals surface area contributed by atoms with E-state index < -0.39 is 35.2 Å². The molecule has 1 amide bonds. The van der Waals surface area contributed by atoms with Crippen LogP contribution in [0.3, 0.4) is 0 Å². The number of carbonyl (C=O) groups excluding carboxylic acids is 2. The molecule has 1 aromatic heterocycles. The zero-order valence-electron chi connectivity index (χ0n) is 18.4. The Bertz CT molecular complexity index is 1460. The lowest BCUT2D eigenvalue weighted by molar-refractivity contribution is -0.139. The highest BCUT2D eigenvalue weighted by Crippen LogP contribution is 2.55. The van der Waals surface area contributed by atoms with E-state index in [-0.39, 0.29) is 29.4 Å². The Morgan fingerprint density at radius 1 is 1.17 bits per heavy atom. The zero-order valence-corrected chi connectivity index (χ0v) is 19.2. The molecule has 9 nitrogen and oxygen atoms in total. The first-order valence-electron chi connectivity index (χ1n) is 10.5. The lowest BCUT2D eigenvalue weighted by Gasteiger charge is -2.34. The minimum absolute atomic E-state index is 0.108. The highest BCUT2D eigenvalue weighted by molar-refractivity contribution is 6.30. The summed E-state index contributed by atoms with van der Waals surface area (Å²) in [6, 6.07) is 14.8. The quantitative estimate of drug-likeness (QED) is 0.528. The van der Waals surface area contributed by atoms with Gasteiger partial charge in [0.25, 0.3) is 5.91 Å². The molecule has 3 heterocycles. The largest absolute Gasteiger partial charge is 0.465 e. The number of ether oxygens (including phenoxy) is 2. The normalized spacial score (nSPS) is 18.4. The van der Waals surface area contributed by atoms with Crippen LogP contribution in [0.5, 0.6) is 5.75 Å². The van der Waals surface area contributed by atoms with Crippen LogP contribution in [-0.4, -0.2) is 24.1 Å². The summed E-state index contributed by atoms with van der Waals surface area (Å²) < 4.78 is 16.3. The molecule has 2 aliphatic rings. The second kappa shape index (κ2) is 8.30. The average Bonchev–Trinajstić information content (AvgIpc) is 3.09. The van der Waals surface area contributed by atoms with Gasteiger partial charge < -0.3 is 29.6 Å². The van der Waals surface area contributed by atoms with Gasteiger partial charge in [0, 0.05) is 22.3 Å². The Morgan fingerprint density at radius 2 is 1.89 bits per heavy atom. The smallest absolute Gasteiger partial charge is 0.341 e. The maximum Gasteiger partial charge on any atom is 0.341 e. The van der Waals surface area contributed by atoms with Crippen molar-refractivity contribution in [2.24, 2.45) is 5.73 Å². The molecule has 35 heavy (non-hydrogen) atoms. The number of amides is 1. The van der Waals surface area contributed by atoms with Gasteiger partial charge in [-0.2, -0.15) is 0 Å². The Balaban J connectivity index is 1.83. The fraction of sp³-hybridized carbons (Fsp3) is 0.160. The summed E-state index contributed by atoms with van der Waals surface area (Å²) in [5.74, 6) is -2.68. The highest BCUT2D eigenvalue weighted by Gasteiger charge is 2.63. The second-order valence-electron chi connectivity index (χ2n) is 8.01. The number of benzene rings is 2. The van der Waals surface area contributed by atoms with Crippen LogP contribution in [0.1, 0.15) is 22.6 Å². The molecule has 10 heteroatoms. The van der Waals surface area contributed by atoms with Crippen molar-refractivity contribution in [1.82, 2.24) is 0 Å². The van der Waals surface area contributed by atoms with E-state index in [0.717, 1.165) is 18.7 Å². The molecule has 2 aromatic carbocycles. The molecule has 0 aliphatic carbocycles. The monoisotopic (exact) mass is 494 g/mol. The van der Waals surface area contributed by atoms with Crippen molar-refractivity contribution in [3.63, 3.8) is 0 Å². The summed E-state index contributed by atoms with van der Waals surface area (Å²) in [6.45, 7) is -0.487. The third kappa shape index (κ3) is 3.23. The minimum Gasteiger partial charge on any atom is -0.465 e. The summed E-state index contributed by atoms with van der Waals surface area (Å²) in [7, 11) is 1.14. The Labute approximate surface area is 203 Å². The molecule has 0 radical (unpaired) electrons. The third-order valence-electron chi connectivity index (χ3n) is 6.09. The lowest BCUT2D eigenvalue weighted by atomic mass is 9.71. The van der Waals surface area contributed by atoms with Gasteiger partial charge in [-0.3, -0.25) is 9.59 Å². The SMILES string of the molecule is COC(=O)C1=C(N)Oc2c(oc(CO)cc2=O)C12C(=O)N(Cc1ccc(Cl)cc1)c1ccccc12. The maximum absolute atomic E-state index is 14.4. The molecule has 3 aromatic rings. The van der Waals surface area contributed by atoms with Crippen molar-refractivity contribution in [2.75, 3.05) is 12.0 Å². The summed E-state index contributed by atoms with van der Waals surface area (Å²) >= 11 is 6.01. The molecule has 1 unspecified atom stereocenters. The molecule has 0 bridgehead atoms. The molecule has 0 fully saturated rings. The molecular formula is C25H19ClN2O7. The van der Waals surface area contributed by atoms with Crippen LogP contribution < -0.4 is 20.8 Å². The van der Waals surface area contributed by atoms with E-state index in [1.807, 2.05) is 0 Å². The standard InChI is InChI=1S/C25H19ClN2O7/c1-33-23(31)19-22(27)35-20-18(30)10-15(12-29)34-21(20)25(19)16-4-2-3-5-17(16)28(24(25)32)11-13-6-8-14(26)9-7-13/h2-10,29H,11-12,27H2,1H3. The van der Waals surface area contributed by atoms with Crippen LogP contribution >= 0.6 is 11.6 Å². The number of fused-ring (bicyclic) bond motifs is 4. The first-order chi connectivity index (χ1) is 16.8. The third-order valence-corrected chi connectivity index (χ3v) is 6.35. The molecule has 1 atom stereocenters. The molecule has 5 rings (SSSR count). The zero-order chi connectivity index (χ0) is 24.9. The number of rotatable bonds is 4. The molecule has 3 N–H and O–H groups in total. The number of nitrogens with zero attached hydrogens (tertiary/aromatic N) is 1. The van der Waals surface area contributed by atoms with Gasteiger partial charge in [-0.05, 0) is 23.8 Å². The number of methoxy groups -OCH3 is 1. The van der Waals surface area contributed by atoms with Crippen molar-refractivity contribution in [2.45, 2.75) is 18.6 Å². The fourth-order valence-electron chi connectivity index (χ4n) is 4.61. The number of hydrogen-bond donors (Lipinski definition) is 2. The first kappa shape index (κ1) is 22.7. The van der Waals surface area contributed by atoms with Crippen LogP contribution in [0.25, 0.3) is 0 Å². The first-order valence-corrected chi connectivity index (χ1v) is 10.9. The number of aliphatic hydroxyl groups excluding tert-OH is 1. The van der Waals surface area contributed by atoms with Gasteiger partial charge in [-0.1, -0.05) is 41.9 Å². The van der Waals surface area contributed by atoms with E-state index in [4.69, 9.17) is 31.2 Å². The Kier molecular flexibility index (Phi) is 5.38. The van der Waals surface area contributed by atoms with Gasteiger partial charge in [0.05, 0.1) is 13.7 Å². The van der Waals surface area contributed by atoms with E-state index in [2.05, 4.69) is 0 Å². The lowest BCUT2D eigenvalue weighted by Crippen LogP contribution is -2.49. The van der Waals surface area contributed by atoms with Crippen LogP contribution in [0.15, 0.2) is 75.3 Å². The molecule has 0 saturated heterocycles. The molecule has 0 saturated carbocycles. The number of para-hydroxylation sites is 1. The van der Waals surface area contributed by atoms with Crippen LogP contribution in [0.4, 0.5) is 5.69 Å². The predicted octanol–water partition coefficient (Wildman–Crippen LogP) is 2.35. The van der Waals surface area contributed by atoms with Gasteiger partial charge in [-0.15, -0.1) is 0 Å². The van der Waals surface area contributed by atoms with Crippen LogP contribution in [0.2, 0.25) is 5.02 Å². The Morgan fingerprint density at radius 3 is 2.57 bits per heavy atom. The molecule has 178 valence electrons. The summed E-state index contributed by atoms with van der Waals surface area (Å²) in [5.41, 5.74) is 4.78. The van der Waals surface area contributed by atoms with Crippen molar-refractivity contribution < 1.29 is 28.6 Å². The highest BCUT2D eigenvalue weighted by atomic mass is 35.5. The van der Waals surface area contributed by atoms with E-state index in [0.29, 0.717) is 16.3 Å². The molecule has 2 aliphatic heterocycles. The van der Waals surface area contributed by atoms with E-state index in [9.17, 15) is 19.5 Å². The Hall–Kier alpha value is -4.08. The average molecular weight is 495 g/mol. The number of hydrogen-bond acceptors (Lipinski definition) is 8. The topological polar surface area (TPSA) is 132 Å². The van der Waals surface area contributed by atoms with Crippen LogP contribution in [0, 0.1) is 0 Å². The number of carbonyl (C=O) groups is 2. The van der Waals surface area contributed by atoms with E-state index in [1.54, 1.807) is 48.5 Å². The second-order valence-corrected chi connectivity index (χ2v) is 8.45. The van der Waals surface area contributed by atoms with E-state index >= 15 is 0 Å². The predicted molar refractivity (Wildman–Crippen MR) is 125 cm³/mol. The van der Waals surface area contributed by atoms with Crippen LogP contribution in [-0.2, 0) is 32.9 Å². The number of aliphatic hydroxyl groups is 1. The minimum atomic E-state index is -1.97. The van der Waals surface area contributed by atoms with Gasteiger partial charge >= 0.3 is 5.97 Å². The summed E-state index contributed by atoms with van der Waals surface area (Å²) in [5, 5.41) is 10.2. The number of anilines is 1. The van der Waals surface area contributed by atoms with Crippen molar-refractivity contribution in [3.05, 3.63) is 104 Å². The van der Waals surface area contributed by atoms with E-state index in [1.165, 1.54) is 4.90 Å². The number of esters is 1. The fourth-order valence-corrected chi connectivity index (χ4v) is 4.74. The van der Waals surface area contributed by atoms with Crippen molar-refractivity contribution in [1.29, 1.82) is 0 Å². The van der Waals surface area contributed by atoms with Gasteiger partial charge in [0.15, 0.2) is 11.2 Å². The van der Waals surface area contributed by atoms with Gasteiger partial charge in [0.2, 0.25) is 17.1 Å². The van der Waals surface area contributed by atoms with Gasteiger partial charge in [0.1, 0.15) is 17.9 Å². The molecule has 1 spiro atoms. The summed E-state index contributed by atoms with van der Waals surface area (Å²) in [4.78, 5) is 41.8. The summed E-state index contributed by atoms with van der Waals surface area (Å²) in [6.07, 6.45) is 0. The number of nitrogens with two attached hydrogens (primary N) is 1. The maximum atomic E-state index is 14.4. The van der Waals surface area contributed by atoms with Gasteiger partial charge in [-0.25, -0.2) is 4.79 Å². The van der Waals surface area contributed by atoms with Crippen molar-refractivity contribution >= 4 is 29.2 Å². The number of halogens is 1. The molecular weight excluding hydrogens is 476 g/mol. The van der Waals surface area contributed by atoms with Crippen molar-refractivity contribution in [3.8, 4) is 5.75 Å².